The number of amides is 2. The highest BCUT2D eigenvalue weighted by Crippen LogP contribution is 2.50. The monoisotopic (exact) mass is 661 g/mol. The lowest BCUT2D eigenvalue weighted by molar-refractivity contribution is -0.135. The summed E-state index contributed by atoms with van der Waals surface area (Å²) in [6.45, 7) is 14.8. The Morgan fingerprint density at radius 1 is 1.04 bits per heavy atom. The zero-order chi connectivity index (χ0) is 33.8. The van der Waals surface area contributed by atoms with Gasteiger partial charge < -0.3 is 29.7 Å². The Morgan fingerprint density at radius 3 is 2.38 bits per heavy atom. The fraction of sp³-hybridized carbons (Fsp3) is 0.676. The minimum absolute atomic E-state index is 0.0378. The highest BCUT2D eigenvalue weighted by Gasteiger charge is 2.59. The maximum Gasteiger partial charge on any atom is 0.258 e. The lowest BCUT2D eigenvalue weighted by Gasteiger charge is -2.55. The number of hydrogen-bond acceptors (Lipinski definition) is 8. The number of benzene rings is 1. The van der Waals surface area contributed by atoms with Gasteiger partial charge in [-0.2, -0.15) is 0 Å². The van der Waals surface area contributed by atoms with Gasteiger partial charge in [-0.15, -0.1) is 0 Å². The summed E-state index contributed by atoms with van der Waals surface area (Å²) in [6.07, 6.45) is 11.1. The fourth-order valence-electron chi connectivity index (χ4n) is 9.61. The number of aromatic nitrogens is 2. The number of carbonyl (C=O) groups excluding carboxylic acids is 2. The van der Waals surface area contributed by atoms with E-state index in [0.717, 1.165) is 77.9 Å². The van der Waals surface area contributed by atoms with Crippen LogP contribution in [0.2, 0.25) is 0 Å². The van der Waals surface area contributed by atoms with Crippen LogP contribution in [0.15, 0.2) is 30.7 Å². The first kappa shape index (κ1) is 33.2. The third kappa shape index (κ3) is 6.17. The lowest BCUT2D eigenvalue weighted by atomic mass is 9.68. The van der Waals surface area contributed by atoms with Crippen LogP contribution in [0.1, 0.15) is 83.0 Å². The highest BCUT2D eigenvalue weighted by atomic mass is 19.1. The maximum absolute atomic E-state index is 14.4. The van der Waals surface area contributed by atoms with Crippen LogP contribution in [0.25, 0.3) is 0 Å². The van der Waals surface area contributed by atoms with Crippen molar-refractivity contribution in [3.8, 4) is 11.5 Å². The molecule has 2 aromatic rings. The van der Waals surface area contributed by atoms with Crippen molar-refractivity contribution in [2.75, 3.05) is 57.8 Å². The third-order valence-electron chi connectivity index (χ3n) is 11.9. The van der Waals surface area contributed by atoms with E-state index in [9.17, 15) is 14.0 Å². The summed E-state index contributed by atoms with van der Waals surface area (Å²) in [5, 5.41) is 3.46. The molecule has 5 aliphatic rings. The van der Waals surface area contributed by atoms with Crippen LogP contribution in [-0.2, 0) is 4.79 Å². The molecule has 10 nitrogen and oxygen atoms in total. The number of piperidine rings is 1. The maximum atomic E-state index is 14.4. The summed E-state index contributed by atoms with van der Waals surface area (Å²) < 4.78 is 20.7. The largest absolute Gasteiger partial charge is 0.451 e. The van der Waals surface area contributed by atoms with Crippen molar-refractivity contribution in [1.82, 2.24) is 30.0 Å². The SMILES string of the molecule is CC(C)N(C(=O)c1cc(F)ccc1Oc1cncnc1N1CC2(CCN(CC3CCC4(CC3)CC3(CN(C)C3)C(=O)N4)CC2)C1)C(C)C. The Labute approximate surface area is 284 Å². The van der Waals surface area contributed by atoms with Gasteiger partial charge in [0.2, 0.25) is 5.91 Å². The van der Waals surface area contributed by atoms with Crippen LogP contribution in [0, 0.1) is 22.6 Å². The van der Waals surface area contributed by atoms with Gasteiger partial charge in [0.25, 0.3) is 5.91 Å². The lowest BCUT2D eigenvalue weighted by Crippen LogP contribution is -2.61. The first-order chi connectivity index (χ1) is 22.9. The number of hydrogen-bond donors (Lipinski definition) is 1. The molecule has 0 radical (unpaired) electrons. The van der Waals surface area contributed by atoms with E-state index in [4.69, 9.17) is 4.74 Å². The van der Waals surface area contributed by atoms with Gasteiger partial charge in [0, 0.05) is 55.8 Å². The second-order valence-electron chi connectivity index (χ2n) is 16.3. The first-order valence-corrected chi connectivity index (χ1v) is 18.0. The zero-order valence-electron chi connectivity index (χ0n) is 29.3. The molecule has 11 heteroatoms. The predicted molar refractivity (Wildman–Crippen MR) is 183 cm³/mol. The number of rotatable bonds is 8. The second-order valence-corrected chi connectivity index (χ2v) is 16.3. The van der Waals surface area contributed by atoms with Gasteiger partial charge in [0.05, 0.1) is 17.2 Å². The Kier molecular flexibility index (Phi) is 8.67. The minimum Gasteiger partial charge on any atom is -0.451 e. The molecule has 48 heavy (non-hydrogen) atoms. The molecule has 0 bridgehead atoms. The number of nitrogens with zero attached hydrogens (tertiary/aromatic N) is 6. The molecular weight excluding hydrogens is 609 g/mol. The molecule has 3 spiro atoms. The molecule has 5 heterocycles. The van der Waals surface area contributed by atoms with Gasteiger partial charge in [0.1, 0.15) is 17.9 Å². The van der Waals surface area contributed by atoms with Gasteiger partial charge in [0.15, 0.2) is 11.6 Å². The quantitative estimate of drug-likeness (QED) is 0.425. The molecule has 1 aromatic carbocycles. The summed E-state index contributed by atoms with van der Waals surface area (Å²) in [6, 6.07) is 3.99. The zero-order valence-corrected chi connectivity index (χ0v) is 29.3. The van der Waals surface area contributed by atoms with E-state index in [2.05, 4.69) is 37.0 Å². The summed E-state index contributed by atoms with van der Waals surface area (Å²) in [5.41, 5.74) is 0.371. The molecule has 1 saturated carbocycles. The average molecular weight is 662 g/mol. The number of ether oxygens (including phenoxy) is 1. The van der Waals surface area contributed by atoms with E-state index in [1.807, 2.05) is 27.7 Å². The molecule has 260 valence electrons. The molecule has 7 rings (SSSR count). The summed E-state index contributed by atoms with van der Waals surface area (Å²) in [4.78, 5) is 44.1. The van der Waals surface area contributed by atoms with Crippen molar-refractivity contribution in [3.63, 3.8) is 0 Å². The van der Waals surface area contributed by atoms with Gasteiger partial charge in [-0.25, -0.2) is 14.4 Å². The molecular formula is C37H52FN7O3. The van der Waals surface area contributed by atoms with Crippen molar-refractivity contribution >= 4 is 17.6 Å². The summed E-state index contributed by atoms with van der Waals surface area (Å²) >= 11 is 0. The van der Waals surface area contributed by atoms with Crippen molar-refractivity contribution in [2.24, 2.45) is 16.7 Å². The van der Waals surface area contributed by atoms with Gasteiger partial charge in [-0.1, -0.05) is 0 Å². The number of nitrogens with one attached hydrogen (secondary N) is 1. The van der Waals surface area contributed by atoms with Crippen molar-refractivity contribution in [3.05, 3.63) is 42.1 Å². The van der Waals surface area contributed by atoms with Gasteiger partial charge in [-0.3, -0.25) is 9.59 Å². The van der Waals surface area contributed by atoms with Crippen LogP contribution in [0.5, 0.6) is 11.5 Å². The molecule has 1 aliphatic carbocycles. The predicted octanol–water partition coefficient (Wildman–Crippen LogP) is 4.95. The van der Waals surface area contributed by atoms with E-state index in [1.165, 1.54) is 37.4 Å². The minimum atomic E-state index is -0.483. The van der Waals surface area contributed by atoms with E-state index in [0.29, 0.717) is 29.1 Å². The Bertz CT molecular complexity index is 1510. The number of halogens is 1. The standard InChI is InChI=1S/C37H52FN7O3/c1-25(2)45(26(3)4)33(46)29-16-28(38)6-7-30(29)48-31-17-39-24-40-32(31)44-20-35(21-44)12-14-43(15-13-35)18-27-8-10-37(11-9-27)19-36(34(47)41-37)22-42(5)23-36/h6-7,16-17,24-27H,8-15,18-23H2,1-5H3,(H,41,47). The van der Waals surface area contributed by atoms with E-state index in [-0.39, 0.29) is 39.9 Å². The van der Waals surface area contributed by atoms with Gasteiger partial charge >= 0.3 is 0 Å². The molecule has 0 atom stereocenters. The van der Waals surface area contributed by atoms with Crippen LogP contribution in [-0.4, -0.2) is 107 Å². The molecule has 4 saturated heterocycles. The average Bonchev–Trinajstić information content (AvgIpc) is 3.29. The van der Waals surface area contributed by atoms with Crippen molar-refractivity contribution in [2.45, 2.75) is 90.3 Å². The Balaban J connectivity index is 0.930. The molecule has 5 fully saturated rings. The molecule has 4 aliphatic heterocycles. The van der Waals surface area contributed by atoms with Crippen LogP contribution >= 0.6 is 0 Å². The van der Waals surface area contributed by atoms with Crippen molar-refractivity contribution in [1.29, 1.82) is 0 Å². The van der Waals surface area contributed by atoms with Crippen LogP contribution in [0.3, 0.4) is 0 Å². The normalized spacial score (nSPS) is 26.6. The second kappa shape index (κ2) is 12.5. The smallest absolute Gasteiger partial charge is 0.258 e. The van der Waals surface area contributed by atoms with E-state index >= 15 is 0 Å². The Morgan fingerprint density at radius 2 is 1.73 bits per heavy atom. The van der Waals surface area contributed by atoms with Crippen LogP contribution < -0.4 is 15.0 Å². The van der Waals surface area contributed by atoms with Crippen LogP contribution in [0.4, 0.5) is 10.2 Å². The number of anilines is 1. The van der Waals surface area contributed by atoms with E-state index < -0.39 is 5.82 Å². The van der Waals surface area contributed by atoms with Gasteiger partial charge in [-0.05, 0) is 117 Å². The third-order valence-corrected chi connectivity index (χ3v) is 11.9. The summed E-state index contributed by atoms with van der Waals surface area (Å²) in [7, 11) is 2.11. The number of likely N-dealkylation sites (tertiary alicyclic amines) is 2. The van der Waals surface area contributed by atoms with Crippen molar-refractivity contribution < 1.29 is 18.7 Å². The molecule has 0 unspecified atom stereocenters. The fourth-order valence-corrected chi connectivity index (χ4v) is 9.61. The summed E-state index contributed by atoms with van der Waals surface area (Å²) in [5.74, 6) is 1.72. The first-order valence-electron chi connectivity index (χ1n) is 18.0. The Hall–Kier alpha value is -3.31. The molecule has 1 N–H and O–H groups in total. The number of carbonyl (C=O) groups is 2. The van der Waals surface area contributed by atoms with E-state index in [1.54, 1.807) is 11.1 Å². The topological polar surface area (TPSA) is 94.1 Å². The highest BCUT2D eigenvalue weighted by molar-refractivity contribution is 5.97. The molecule has 2 amide bonds. The molecule has 1 aromatic heterocycles.